The fraction of sp³-hybridized carbons (Fsp3) is 0.556. The number of hydrogen-bond donors (Lipinski definition) is 0. The van der Waals surface area contributed by atoms with Crippen molar-refractivity contribution in [1.29, 1.82) is 0 Å². The van der Waals surface area contributed by atoms with Gasteiger partial charge in [-0.3, -0.25) is 9.59 Å². The van der Waals surface area contributed by atoms with Crippen LogP contribution < -0.4 is 9.47 Å². The number of ether oxygens (including phenoxy) is 2. The highest BCUT2D eigenvalue weighted by molar-refractivity contribution is 14.1. The standard InChI is InChI=1S/C18H25IN2O4/c1-18(2,3)17(23)21-8-6-20(7-9-21)16(22)12-10-14(24-4)15(25-5)11-13(12)19/h10-11H,6-9H2,1-5H3. The van der Waals surface area contributed by atoms with Crippen molar-refractivity contribution in [2.24, 2.45) is 5.41 Å². The van der Waals surface area contributed by atoms with Gasteiger partial charge in [-0.1, -0.05) is 20.8 Å². The van der Waals surface area contributed by atoms with E-state index >= 15 is 0 Å². The van der Waals surface area contributed by atoms with Crippen LogP contribution in [0, 0.1) is 8.99 Å². The first-order valence-corrected chi connectivity index (χ1v) is 9.27. The van der Waals surface area contributed by atoms with Gasteiger partial charge in [-0.05, 0) is 34.7 Å². The summed E-state index contributed by atoms with van der Waals surface area (Å²) in [5, 5.41) is 0. The summed E-state index contributed by atoms with van der Waals surface area (Å²) in [7, 11) is 3.12. The van der Waals surface area contributed by atoms with Crippen LogP contribution in [0.2, 0.25) is 0 Å². The molecule has 0 aliphatic carbocycles. The molecule has 0 radical (unpaired) electrons. The number of rotatable bonds is 3. The number of carbonyl (C=O) groups is 2. The predicted molar refractivity (Wildman–Crippen MR) is 104 cm³/mol. The molecule has 1 aliphatic rings. The number of benzene rings is 1. The minimum Gasteiger partial charge on any atom is -0.493 e. The summed E-state index contributed by atoms with van der Waals surface area (Å²) in [5.74, 6) is 1.21. The number of piperazine rings is 1. The Kier molecular flexibility index (Phi) is 6.18. The van der Waals surface area contributed by atoms with Gasteiger partial charge in [0.25, 0.3) is 5.91 Å². The van der Waals surface area contributed by atoms with E-state index in [9.17, 15) is 9.59 Å². The molecule has 0 bridgehead atoms. The second kappa shape index (κ2) is 7.80. The molecular weight excluding hydrogens is 435 g/mol. The fourth-order valence-electron chi connectivity index (χ4n) is 2.78. The first kappa shape index (κ1) is 19.8. The van der Waals surface area contributed by atoms with Gasteiger partial charge in [0.05, 0.1) is 19.8 Å². The van der Waals surface area contributed by atoms with Crippen molar-refractivity contribution in [2.75, 3.05) is 40.4 Å². The number of nitrogens with zero attached hydrogens (tertiary/aromatic N) is 2. The molecule has 1 fully saturated rings. The molecule has 1 heterocycles. The third kappa shape index (κ3) is 4.37. The molecule has 0 unspecified atom stereocenters. The average molecular weight is 460 g/mol. The van der Waals surface area contributed by atoms with Crippen LogP contribution in [-0.2, 0) is 4.79 Å². The molecule has 0 atom stereocenters. The van der Waals surface area contributed by atoms with E-state index in [1.807, 2.05) is 25.7 Å². The number of hydrogen-bond acceptors (Lipinski definition) is 4. The Morgan fingerprint density at radius 3 is 1.92 bits per heavy atom. The quantitative estimate of drug-likeness (QED) is 0.651. The molecule has 0 N–H and O–H groups in total. The molecule has 1 aromatic carbocycles. The Balaban J connectivity index is 2.12. The van der Waals surface area contributed by atoms with E-state index in [0.29, 0.717) is 43.2 Å². The molecule has 0 aromatic heterocycles. The zero-order chi connectivity index (χ0) is 18.8. The largest absolute Gasteiger partial charge is 0.493 e. The predicted octanol–water partition coefficient (Wildman–Crippen LogP) is 2.64. The molecule has 2 amide bonds. The van der Waals surface area contributed by atoms with E-state index < -0.39 is 5.41 Å². The molecule has 7 heteroatoms. The lowest BCUT2D eigenvalue weighted by Gasteiger charge is -2.37. The van der Waals surface area contributed by atoms with Crippen LogP contribution >= 0.6 is 22.6 Å². The monoisotopic (exact) mass is 460 g/mol. The summed E-state index contributed by atoms with van der Waals surface area (Å²) in [6, 6.07) is 3.52. The Hall–Kier alpha value is -1.51. The van der Waals surface area contributed by atoms with Gasteiger partial charge in [-0.2, -0.15) is 0 Å². The second-order valence-corrected chi connectivity index (χ2v) is 8.18. The van der Waals surface area contributed by atoms with Gasteiger partial charge in [-0.25, -0.2) is 0 Å². The zero-order valence-corrected chi connectivity index (χ0v) is 17.5. The van der Waals surface area contributed by atoms with Crippen LogP contribution in [0.25, 0.3) is 0 Å². The van der Waals surface area contributed by atoms with E-state index in [2.05, 4.69) is 22.6 Å². The summed E-state index contributed by atoms with van der Waals surface area (Å²) in [5.41, 5.74) is 0.194. The molecule has 2 rings (SSSR count). The van der Waals surface area contributed by atoms with Gasteiger partial charge in [0.1, 0.15) is 0 Å². The van der Waals surface area contributed by atoms with Crippen molar-refractivity contribution < 1.29 is 19.1 Å². The minimum atomic E-state index is -0.398. The van der Waals surface area contributed by atoms with Crippen molar-refractivity contribution in [2.45, 2.75) is 20.8 Å². The highest BCUT2D eigenvalue weighted by atomic mass is 127. The molecule has 1 saturated heterocycles. The number of carbonyl (C=O) groups excluding carboxylic acids is 2. The van der Waals surface area contributed by atoms with Gasteiger partial charge >= 0.3 is 0 Å². The normalized spacial score (nSPS) is 15.1. The van der Waals surface area contributed by atoms with Crippen LogP contribution in [0.3, 0.4) is 0 Å². The fourth-order valence-corrected chi connectivity index (χ4v) is 3.44. The molecule has 25 heavy (non-hydrogen) atoms. The Bertz CT molecular complexity index is 662. The van der Waals surface area contributed by atoms with Crippen molar-refractivity contribution in [3.63, 3.8) is 0 Å². The van der Waals surface area contributed by atoms with E-state index in [4.69, 9.17) is 9.47 Å². The third-order valence-corrected chi connectivity index (χ3v) is 5.09. The maximum atomic E-state index is 12.9. The summed E-state index contributed by atoms with van der Waals surface area (Å²) < 4.78 is 11.4. The maximum Gasteiger partial charge on any atom is 0.255 e. The molecular formula is C18H25IN2O4. The number of amides is 2. The molecule has 0 saturated carbocycles. The Labute approximate surface area is 162 Å². The Morgan fingerprint density at radius 2 is 1.44 bits per heavy atom. The van der Waals surface area contributed by atoms with Gasteiger partial charge in [-0.15, -0.1) is 0 Å². The maximum absolute atomic E-state index is 12.9. The average Bonchev–Trinajstić information content (AvgIpc) is 2.59. The SMILES string of the molecule is COc1cc(I)c(C(=O)N2CCN(C(=O)C(C)(C)C)CC2)cc1OC. The van der Waals surface area contributed by atoms with Crippen molar-refractivity contribution in [3.8, 4) is 11.5 Å². The highest BCUT2D eigenvalue weighted by Crippen LogP contribution is 2.32. The van der Waals surface area contributed by atoms with Gasteiger partial charge in [0.2, 0.25) is 5.91 Å². The van der Waals surface area contributed by atoms with E-state index in [1.165, 1.54) is 0 Å². The summed E-state index contributed by atoms with van der Waals surface area (Å²) in [6.45, 7) is 7.93. The molecule has 138 valence electrons. The Morgan fingerprint density at radius 1 is 0.960 bits per heavy atom. The number of methoxy groups -OCH3 is 2. The van der Waals surface area contributed by atoms with Gasteiger partial charge in [0, 0.05) is 35.2 Å². The number of halogens is 1. The third-order valence-electron chi connectivity index (χ3n) is 4.20. The second-order valence-electron chi connectivity index (χ2n) is 7.02. The van der Waals surface area contributed by atoms with E-state index in [0.717, 1.165) is 3.57 Å². The van der Waals surface area contributed by atoms with E-state index in [-0.39, 0.29) is 11.8 Å². The summed E-state index contributed by atoms with van der Waals surface area (Å²) in [4.78, 5) is 28.9. The van der Waals surface area contributed by atoms with Crippen LogP contribution in [0.5, 0.6) is 11.5 Å². The van der Waals surface area contributed by atoms with Crippen LogP contribution in [0.15, 0.2) is 12.1 Å². The highest BCUT2D eigenvalue weighted by Gasteiger charge is 2.31. The van der Waals surface area contributed by atoms with Crippen LogP contribution in [0.1, 0.15) is 31.1 Å². The first-order valence-electron chi connectivity index (χ1n) is 8.19. The summed E-state index contributed by atoms with van der Waals surface area (Å²) in [6.07, 6.45) is 0. The smallest absolute Gasteiger partial charge is 0.255 e. The molecule has 0 spiro atoms. The van der Waals surface area contributed by atoms with Crippen molar-refractivity contribution >= 4 is 34.4 Å². The van der Waals surface area contributed by atoms with Crippen molar-refractivity contribution in [1.82, 2.24) is 9.80 Å². The van der Waals surface area contributed by atoms with Crippen molar-refractivity contribution in [3.05, 3.63) is 21.3 Å². The van der Waals surface area contributed by atoms with Gasteiger partial charge in [0.15, 0.2) is 11.5 Å². The van der Waals surface area contributed by atoms with E-state index in [1.54, 1.807) is 31.3 Å². The van der Waals surface area contributed by atoms with Crippen LogP contribution in [0.4, 0.5) is 0 Å². The molecule has 1 aromatic rings. The summed E-state index contributed by atoms with van der Waals surface area (Å²) >= 11 is 2.13. The zero-order valence-electron chi connectivity index (χ0n) is 15.4. The van der Waals surface area contributed by atoms with Gasteiger partial charge < -0.3 is 19.3 Å². The lowest BCUT2D eigenvalue weighted by atomic mass is 9.94. The molecule has 6 nitrogen and oxygen atoms in total. The topological polar surface area (TPSA) is 59.1 Å². The minimum absolute atomic E-state index is 0.0480. The van der Waals surface area contributed by atoms with Crippen LogP contribution in [-0.4, -0.2) is 62.0 Å². The first-order chi connectivity index (χ1) is 11.7. The lowest BCUT2D eigenvalue weighted by Crippen LogP contribution is -2.53. The lowest BCUT2D eigenvalue weighted by molar-refractivity contribution is -0.140. The molecule has 1 aliphatic heterocycles.